The molecule has 0 aromatic carbocycles. The summed E-state index contributed by atoms with van der Waals surface area (Å²) in [5.74, 6) is 1.81. The summed E-state index contributed by atoms with van der Waals surface area (Å²) < 4.78 is 5.39. The van der Waals surface area contributed by atoms with Crippen LogP contribution < -0.4 is 0 Å². The summed E-state index contributed by atoms with van der Waals surface area (Å²) in [4.78, 5) is 24.5. The highest BCUT2D eigenvalue weighted by Gasteiger charge is 2.31. The number of nitrogens with zero attached hydrogens (tertiary/aromatic N) is 3. The molecular formula is C16H26N4O2. The SMILES string of the molecule is CCN1CCN(C(=O)CC[C@H]2CCOC2)C[C@@H]1c1ncc[nH]1. The van der Waals surface area contributed by atoms with E-state index in [1.807, 2.05) is 11.1 Å². The number of piperazine rings is 1. The lowest BCUT2D eigenvalue weighted by Gasteiger charge is -2.40. The Kier molecular flexibility index (Phi) is 5.10. The molecule has 0 unspecified atom stereocenters. The van der Waals surface area contributed by atoms with Gasteiger partial charge in [0.05, 0.1) is 6.04 Å². The van der Waals surface area contributed by atoms with Crippen molar-refractivity contribution in [2.45, 2.75) is 32.2 Å². The van der Waals surface area contributed by atoms with Gasteiger partial charge in [0.25, 0.3) is 0 Å². The van der Waals surface area contributed by atoms with E-state index < -0.39 is 0 Å². The van der Waals surface area contributed by atoms with Gasteiger partial charge in [-0.2, -0.15) is 0 Å². The molecule has 3 heterocycles. The average Bonchev–Trinajstić information content (AvgIpc) is 3.25. The topological polar surface area (TPSA) is 61.5 Å². The van der Waals surface area contributed by atoms with Gasteiger partial charge in [0.1, 0.15) is 5.82 Å². The largest absolute Gasteiger partial charge is 0.381 e. The molecule has 22 heavy (non-hydrogen) atoms. The number of rotatable bonds is 5. The van der Waals surface area contributed by atoms with Crippen molar-refractivity contribution in [3.05, 3.63) is 18.2 Å². The van der Waals surface area contributed by atoms with Crippen LogP contribution in [0.4, 0.5) is 0 Å². The molecule has 2 saturated heterocycles. The number of aromatic amines is 1. The van der Waals surface area contributed by atoms with Gasteiger partial charge < -0.3 is 14.6 Å². The Morgan fingerprint density at radius 3 is 3.09 bits per heavy atom. The average molecular weight is 306 g/mol. The molecule has 6 nitrogen and oxygen atoms in total. The first-order valence-corrected chi connectivity index (χ1v) is 8.36. The first-order valence-electron chi connectivity index (χ1n) is 8.36. The molecule has 1 aromatic heterocycles. The van der Waals surface area contributed by atoms with E-state index in [-0.39, 0.29) is 11.9 Å². The van der Waals surface area contributed by atoms with E-state index in [9.17, 15) is 4.79 Å². The molecule has 6 heteroatoms. The van der Waals surface area contributed by atoms with Crippen molar-refractivity contribution in [3.63, 3.8) is 0 Å². The van der Waals surface area contributed by atoms with Crippen molar-refractivity contribution in [2.24, 2.45) is 5.92 Å². The standard InChI is InChI=1S/C16H26N4O2/c1-2-19-8-9-20(11-14(19)16-17-6-7-18-16)15(21)4-3-13-5-10-22-12-13/h6-7,13-14H,2-5,8-12H2,1H3,(H,17,18)/t13-,14+/m0/s1. The van der Waals surface area contributed by atoms with E-state index in [1.54, 1.807) is 6.20 Å². The maximum Gasteiger partial charge on any atom is 0.222 e. The number of ether oxygens (including phenoxy) is 1. The van der Waals surface area contributed by atoms with Crippen LogP contribution in [0, 0.1) is 5.92 Å². The van der Waals surface area contributed by atoms with Gasteiger partial charge >= 0.3 is 0 Å². The van der Waals surface area contributed by atoms with Gasteiger partial charge in [-0.05, 0) is 25.3 Å². The molecule has 0 spiro atoms. The molecule has 3 rings (SSSR count). The minimum absolute atomic E-state index is 0.188. The van der Waals surface area contributed by atoms with E-state index in [1.165, 1.54) is 0 Å². The zero-order chi connectivity index (χ0) is 15.4. The van der Waals surface area contributed by atoms with Gasteiger partial charge in [-0.3, -0.25) is 9.69 Å². The number of likely N-dealkylation sites (N-methyl/N-ethyl adjacent to an activating group) is 1. The Bertz CT molecular complexity index is 471. The molecule has 1 amide bonds. The zero-order valence-electron chi connectivity index (χ0n) is 13.3. The van der Waals surface area contributed by atoms with Crippen molar-refractivity contribution in [2.75, 3.05) is 39.4 Å². The third kappa shape index (κ3) is 3.50. The van der Waals surface area contributed by atoms with Crippen LogP contribution in [0.2, 0.25) is 0 Å². The molecule has 0 aliphatic carbocycles. The van der Waals surface area contributed by atoms with Gasteiger partial charge in [-0.15, -0.1) is 0 Å². The molecule has 2 atom stereocenters. The molecule has 122 valence electrons. The molecule has 0 saturated carbocycles. The summed E-state index contributed by atoms with van der Waals surface area (Å²) in [7, 11) is 0. The minimum atomic E-state index is 0.188. The van der Waals surface area contributed by atoms with Crippen molar-refractivity contribution in [1.82, 2.24) is 19.8 Å². The lowest BCUT2D eigenvalue weighted by Crippen LogP contribution is -2.50. The quantitative estimate of drug-likeness (QED) is 0.894. The zero-order valence-corrected chi connectivity index (χ0v) is 13.3. The Morgan fingerprint density at radius 1 is 1.50 bits per heavy atom. The van der Waals surface area contributed by atoms with Gasteiger partial charge in [0.2, 0.25) is 5.91 Å². The maximum absolute atomic E-state index is 12.5. The van der Waals surface area contributed by atoms with Gasteiger partial charge in [-0.25, -0.2) is 4.98 Å². The molecule has 2 fully saturated rings. The molecule has 1 aromatic rings. The second-order valence-corrected chi connectivity index (χ2v) is 6.23. The number of nitrogens with one attached hydrogen (secondary N) is 1. The van der Waals surface area contributed by atoms with Crippen molar-refractivity contribution >= 4 is 5.91 Å². The van der Waals surface area contributed by atoms with Crippen LogP contribution in [-0.4, -0.2) is 65.1 Å². The fourth-order valence-electron chi connectivity index (χ4n) is 3.44. The summed E-state index contributed by atoms with van der Waals surface area (Å²) in [6.45, 7) is 7.30. The highest BCUT2D eigenvalue weighted by Crippen LogP contribution is 2.24. The first kappa shape index (κ1) is 15.5. The van der Waals surface area contributed by atoms with Crippen LogP contribution in [0.3, 0.4) is 0 Å². The predicted molar refractivity (Wildman–Crippen MR) is 83.3 cm³/mol. The van der Waals surface area contributed by atoms with Crippen molar-refractivity contribution in [1.29, 1.82) is 0 Å². The minimum Gasteiger partial charge on any atom is -0.381 e. The monoisotopic (exact) mass is 306 g/mol. The second-order valence-electron chi connectivity index (χ2n) is 6.23. The number of H-pyrrole nitrogens is 1. The summed E-state index contributed by atoms with van der Waals surface area (Å²) in [6, 6.07) is 0.188. The highest BCUT2D eigenvalue weighted by molar-refractivity contribution is 5.76. The Morgan fingerprint density at radius 2 is 2.41 bits per heavy atom. The number of imidazole rings is 1. The van der Waals surface area contributed by atoms with Gasteiger partial charge in [-0.1, -0.05) is 6.92 Å². The maximum atomic E-state index is 12.5. The molecule has 2 aliphatic heterocycles. The number of aromatic nitrogens is 2. The van der Waals surface area contributed by atoms with Crippen LogP contribution >= 0.6 is 0 Å². The van der Waals surface area contributed by atoms with E-state index in [0.717, 1.165) is 58.1 Å². The normalized spacial score (nSPS) is 26.5. The first-order chi connectivity index (χ1) is 10.8. The fraction of sp³-hybridized carbons (Fsp3) is 0.750. The van der Waals surface area contributed by atoms with Crippen LogP contribution in [0.25, 0.3) is 0 Å². The smallest absolute Gasteiger partial charge is 0.222 e. The third-order valence-corrected chi connectivity index (χ3v) is 4.88. The van der Waals surface area contributed by atoms with Crippen LogP contribution in [0.15, 0.2) is 12.4 Å². The number of hydrogen-bond donors (Lipinski definition) is 1. The Hall–Kier alpha value is -1.40. The van der Waals surface area contributed by atoms with E-state index in [4.69, 9.17) is 4.74 Å². The Balaban J connectivity index is 1.56. The Labute approximate surface area is 131 Å². The van der Waals surface area contributed by atoms with Crippen LogP contribution in [0.5, 0.6) is 0 Å². The lowest BCUT2D eigenvalue weighted by atomic mass is 10.0. The predicted octanol–water partition coefficient (Wildman–Crippen LogP) is 1.43. The van der Waals surface area contributed by atoms with Gasteiger partial charge in [0, 0.05) is 51.7 Å². The third-order valence-electron chi connectivity index (χ3n) is 4.88. The summed E-state index contributed by atoms with van der Waals surface area (Å²) in [5.41, 5.74) is 0. The van der Waals surface area contributed by atoms with E-state index in [2.05, 4.69) is 21.8 Å². The van der Waals surface area contributed by atoms with E-state index >= 15 is 0 Å². The number of amides is 1. The molecule has 1 N–H and O–H groups in total. The number of carbonyl (C=O) groups excluding carboxylic acids is 1. The molecule has 0 bridgehead atoms. The summed E-state index contributed by atoms with van der Waals surface area (Å²) in [6.07, 6.45) is 6.34. The van der Waals surface area contributed by atoms with E-state index in [0.29, 0.717) is 12.3 Å². The lowest BCUT2D eigenvalue weighted by molar-refractivity contribution is -0.134. The van der Waals surface area contributed by atoms with Crippen molar-refractivity contribution in [3.8, 4) is 0 Å². The highest BCUT2D eigenvalue weighted by atomic mass is 16.5. The second kappa shape index (κ2) is 7.24. The number of hydrogen-bond acceptors (Lipinski definition) is 4. The fourth-order valence-corrected chi connectivity index (χ4v) is 3.44. The van der Waals surface area contributed by atoms with Gasteiger partial charge in [0.15, 0.2) is 0 Å². The number of carbonyl (C=O) groups is 1. The summed E-state index contributed by atoms with van der Waals surface area (Å²) in [5, 5.41) is 0. The molecule has 0 radical (unpaired) electrons. The molecule has 2 aliphatic rings. The molecular weight excluding hydrogens is 280 g/mol. The van der Waals surface area contributed by atoms with Crippen molar-refractivity contribution < 1.29 is 9.53 Å². The van der Waals surface area contributed by atoms with Crippen LogP contribution in [0.1, 0.15) is 38.1 Å². The summed E-state index contributed by atoms with van der Waals surface area (Å²) >= 11 is 0. The van der Waals surface area contributed by atoms with Crippen LogP contribution in [-0.2, 0) is 9.53 Å².